The molecule has 0 spiro atoms. The van der Waals surface area contributed by atoms with E-state index in [0.717, 1.165) is 5.56 Å². The number of aliphatic hydroxyl groups excluding tert-OH is 2. The Bertz CT molecular complexity index is 1180. The minimum Gasteiger partial charge on any atom is -0.477 e. The Hall–Kier alpha value is -3.29. The van der Waals surface area contributed by atoms with E-state index < -0.39 is 18.0 Å². The lowest BCUT2D eigenvalue weighted by molar-refractivity contribution is -0.161. The van der Waals surface area contributed by atoms with Gasteiger partial charge in [-0.2, -0.15) is 0 Å². The molecule has 7 heteroatoms. The number of carbonyl (C=O) groups excluding carboxylic acids is 2. The summed E-state index contributed by atoms with van der Waals surface area (Å²) in [5.74, 6) is -2.30. The molecular weight excluding hydrogens is 386 g/mol. The Labute approximate surface area is 171 Å². The molecule has 0 saturated carbocycles. The van der Waals surface area contributed by atoms with Crippen LogP contribution in [0, 0.1) is 5.92 Å². The Balaban J connectivity index is 1.61. The third-order valence-corrected chi connectivity index (χ3v) is 6.35. The molecule has 3 atom stereocenters. The largest absolute Gasteiger partial charge is 0.477 e. The number of carbonyl (C=O) groups is 3. The van der Waals surface area contributed by atoms with Crippen molar-refractivity contribution in [3.05, 3.63) is 64.3 Å². The zero-order chi connectivity index (χ0) is 21.3. The van der Waals surface area contributed by atoms with Crippen molar-refractivity contribution in [3.8, 4) is 11.1 Å². The second-order valence-corrected chi connectivity index (χ2v) is 8.01. The van der Waals surface area contributed by atoms with Crippen molar-refractivity contribution < 1.29 is 29.7 Å². The number of carboxylic acid groups (broad SMARTS) is 1. The van der Waals surface area contributed by atoms with Crippen molar-refractivity contribution in [3.63, 3.8) is 0 Å². The smallest absolute Gasteiger partial charge is 0.352 e. The Morgan fingerprint density at radius 2 is 1.83 bits per heavy atom. The Morgan fingerprint density at radius 3 is 2.50 bits per heavy atom. The van der Waals surface area contributed by atoms with Crippen LogP contribution in [-0.4, -0.2) is 50.0 Å². The van der Waals surface area contributed by atoms with Crippen LogP contribution in [0.25, 0.3) is 16.7 Å². The molecule has 152 valence electrons. The highest BCUT2D eigenvalue weighted by molar-refractivity contribution is 6.22. The minimum absolute atomic E-state index is 0.0537. The first-order valence-electron chi connectivity index (χ1n) is 9.74. The molecule has 1 amide bonds. The number of nitrogens with zero attached hydrogens (tertiary/aromatic N) is 1. The fourth-order valence-electron chi connectivity index (χ4n) is 4.94. The molecule has 0 radical (unpaired) electrons. The quantitative estimate of drug-likeness (QED) is 0.570. The average molecular weight is 405 g/mol. The molecule has 2 aliphatic heterocycles. The van der Waals surface area contributed by atoms with Gasteiger partial charge in [-0.25, -0.2) is 4.79 Å². The number of ketones is 1. The van der Waals surface area contributed by atoms with Crippen LogP contribution >= 0.6 is 0 Å². The summed E-state index contributed by atoms with van der Waals surface area (Å²) in [5.41, 5.74) is 4.26. The van der Waals surface area contributed by atoms with Gasteiger partial charge in [-0.1, -0.05) is 18.2 Å². The van der Waals surface area contributed by atoms with Crippen molar-refractivity contribution in [2.24, 2.45) is 5.92 Å². The molecule has 7 nitrogen and oxygen atoms in total. The number of carboxylic acids is 1. The maximum Gasteiger partial charge on any atom is 0.352 e. The van der Waals surface area contributed by atoms with Gasteiger partial charge in [0.1, 0.15) is 5.70 Å². The lowest BCUT2D eigenvalue weighted by Gasteiger charge is -2.44. The number of rotatable bonds is 4. The zero-order valence-electron chi connectivity index (χ0n) is 16.1. The van der Waals surface area contributed by atoms with E-state index in [2.05, 4.69) is 0 Å². The van der Waals surface area contributed by atoms with Crippen LogP contribution in [0.1, 0.15) is 40.4 Å². The van der Waals surface area contributed by atoms with E-state index >= 15 is 0 Å². The standard InChI is InChI=1S/C23H19NO6/c1-10(26)19-18-8-15(20(23(29)30)24(18)22(19)28)12-3-5-14-16(7-12)13-4-2-11(9-25)6-17(13)21(14)27/h2-7,10,18-19,25-26H,8-9H2,1H3,(H,29,30)/t10-,18-,19-/m1/s1. The summed E-state index contributed by atoms with van der Waals surface area (Å²) >= 11 is 0. The van der Waals surface area contributed by atoms with E-state index in [1.54, 1.807) is 36.4 Å². The maximum atomic E-state index is 12.8. The van der Waals surface area contributed by atoms with Crippen LogP contribution in [-0.2, 0) is 16.2 Å². The van der Waals surface area contributed by atoms with E-state index in [1.807, 2.05) is 0 Å². The first kappa shape index (κ1) is 18.7. The summed E-state index contributed by atoms with van der Waals surface area (Å²) in [6.07, 6.45) is -0.509. The topological polar surface area (TPSA) is 115 Å². The maximum absolute atomic E-state index is 12.8. The van der Waals surface area contributed by atoms with Gasteiger partial charge < -0.3 is 20.2 Å². The van der Waals surface area contributed by atoms with Gasteiger partial charge in [0.05, 0.1) is 24.7 Å². The summed E-state index contributed by atoms with van der Waals surface area (Å²) in [4.78, 5) is 38.4. The molecule has 3 N–H and O–H groups in total. The van der Waals surface area contributed by atoms with Gasteiger partial charge >= 0.3 is 5.97 Å². The molecule has 2 aromatic carbocycles. The number of aliphatic carboxylic acids is 1. The van der Waals surface area contributed by atoms with Crippen molar-refractivity contribution >= 4 is 23.2 Å². The number of benzene rings is 2. The van der Waals surface area contributed by atoms with E-state index in [4.69, 9.17) is 0 Å². The summed E-state index contributed by atoms with van der Waals surface area (Å²) in [6, 6.07) is 10.0. The SMILES string of the molecule is C[C@@H](O)[C@H]1C(=O)N2C(C(=O)O)=C(c3ccc4c(c3)-c3ccc(CO)cc3C4=O)C[C@H]12. The van der Waals surface area contributed by atoms with Crippen LogP contribution in [0.2, 0.25) is 0 Å². The molecule has 3 aliphatic rings. The van der Waals surface area contributed by atoms with Crippen LogP contribution in [0.5, 0.6) is 0 Å². The van der Waals surface area contributed by atoms with E-state index in [-0.39, 0.29) is 30.0 Å². The molecule has 2 aromatic rings. The number of fused-ring (bicyclic) bond motifs is 4. The first-order chi connectivity index (χ1) is 14.3. The third kappa shape index (κ3) is 2.36. The molecule has 2 heterocycles. The van der Waals surface area contributed by atoms with Crippen LogP contribution in [0.4, 0.5) is 0 Å². The van der Waals surface area contributed by atoms with Gasteiger partial charge in [0, 0.05) is 11.1 Å². The number of amides is 1. The average Bonchev–Trinajstić information content (AvgIpc) is 3.20. The van der Waals surface area contributed by atoms with Gasteiger partial charge in [-0.05, 0) is 59.4 Å². The summed E-state index contributed by atoms with van der Waals surface area (Å²) in [7, 11) is 0. The first-order valence-corrected chi connectivity index (χ1v) is 9.74. The van der Waals surface area contributed by atoms with Crippen LogP contribution in [0.3, 0.4) is 0 Å². The summed E-state index contributed by atoms with van der Waals surface area (Å²) in [5, 5.41) is 29.0. The summed E-state index contributed by atoms with van der Waals surface area (Å²) < 4.78 is 0. The predicted molar refractivity (Wildman–Crippen MR) is 106 cm³/mol. The molecule has 0 unspecified atom stereocenters. The fraction of sp³-hybridized carbons (Fsp3) is 0.261. The van der Waals surface area contributed by atoms with E-state index in [9.17, 15) is 29.7 Å². The van der Waals surface area contributed by atoms with Crippen molar-refractivity contribution in [1.29, 1.82) is 0 Å². The van der Waals surface area contributed by atoms with Gasteiger partial charge in [0.15, 0.2) is 5.78 Å². The lowest BCUT2D eigenvalue weighted by atomic mass is 9.82. The number of hydrogen-bond acceptors (Lipinski definition) is 5. The normalized spacial score (nSPS) is 22.6. The van der Waals surface area contributed by atoms with Gasteiger partial charge in [-0.3, -0.25) is 9.59 Å². The van der Waals surface area contributed by atoms with Gasteiger partial charge in [0.2, 0.25) is 5.91 Å². The molecule has 0 aromatic heterocycles. The second kappa shape index (κ2) is 6.35. The third-order valence-electron chi connectivity index (χ3n) is 6.35. The highest BCUT2D eigenvalue weighted by Crippen LogP contribution is 2.48. The van der Waals surface area contributed by atoms with Crippen molar-refractivity contribution in [1.82, 2.24) is 4.90 Å². The van der Waals surface area contributed by atoms with Gasteiger partial charge in [0.25, 0.3) is 0 Å². The van der Waals surface area contributed by atoms with Crippen LogP contribution < -0.4 is 0 Å². The highest BCUT2D eigenvalue weighted by Gasteiger charge is 2.56. The number of hydrogen-bond donors (Lipinski definition) is 3. The summed E-state index contributed by atoms with van der Waals surface area (Å²) in [6.45, 7) is 1.38. The monoisotopic (exact) mass is 405 g/mol. The second-order valence-electron chi connectivity index (χ2n) is 8.01. The van der Waals surface area contributed by atoms with E-state index in [0.29, 0.717) is 39.8 Å². The molecule has 5 rings (SSSR count). The molecule has 0 bridgehead atoms. The molecular formula is C23H19NO6. The number of β-lactam (4-membered cyclic amide) rings is 1. The molecule has 1 fully saturated rings. The predicted octanol–water partition coefficient (Wildman–Crippen LogP) is 1.80. The van der Waals surface area contributed by atoms with Crippen molar-refractivity contribution in [2.75, 3.05) is 0 Å². The fourth-order valence-corrected chi connectivity index (χ4v) is 4.94. The Kier molecular flexibility index (Phi) is 3.96. The van der Waals surface area contributed by atoms with E-state index in [1.165, 1.54) is 11.8 Å². The van der Waals surface area contributed by atoms with Gasteiger partial charge in [-0.15, -0.1) is 0 Å². The molecule has 1 saturated heterocycles. The zero-order valence-corrected chi connectivity index (χ0v) is 16.1. The number of aliphatic hydroxyl groups is 2. The minimum atomic E-state index is -1.19. The Morgan fingerprint density at radius 1 is 1.10 bits per heavy atom. The molecule has 30 heavy (non-hydrogen) atoms. The van der Waals surface area contributed by atoms with Crippen molar-refractivity contribution in [2.45, 2.75) is 32.1 Å². The van der Waals surface area contributed by atoms with Crippen LogP contribution in [0.15, 0.2) is 42.1 Å². The highest BCUT2D eigenvalue weighted by atomic mass is 16.4. The molecule has 1 aliphatic carbocycles. The lowest BCUT2D eigenvalue weighted by Crippen LogP contribution is -2.61.